The summed E-state index contributed by atoms with van der Waals surface area (Å²) in [5.41, 5.74) is -0.493. The molecule has 1 aromatic carbocycles. The maximum atomic E-state index is 13.5. The van der Waals surface area contributed by atoms with Crippen molar-refractivity contribution in [3.63, 3.8) is 0 Å². The van der Waals surface area contributed by atoms with Gasteiger partial charge in [0, 0.05) is 12.6 Å². The normalized spacial score (nSPS) is 22.1. The lowest BCUT2D eigenvalue weighted by Crippen LogP contribution is -2.39. The van der Waals surface area contributed by atoms with Crippen LogP contribution in [0.3, 0.4) is 0 Å². The molecule has 2 atom stereocenters. The van der Waals surface area contributed by atoms with Crippen molar-refractivity contribution in [1.82, 2.24) is 9.78 Å². The van der Waals surface area contributed by atoms with E-state index in [1.54, 1.807) is 22.6 Å². The highest BCUT2D eigenvalue weighted by Gasteiger charge is 2.47. The Kier molecular flexibility index (Phi) is 5.72. The molecule has 1 aliphatic carbocycles. The number of nitrogens with zero attached hydrogens (tertiary/aromatic N) is 3. The minimum atomic E-state index is -4.82. The molecule has 0 radical (unpaired) electrons. The number of aryl methyl sites for hydroxylation is 1. The van der Waals surface area contributed by atoms with Crippen LogP contribution in [0.15, 0.2) is 35.2 Å². The second kappa shape index (κ2) is 8.09. The first-order chi connectivity index (χ1) is 15.0. The molecule has 32 heavy (non-hydrogen) atoms. The van der Waals surface area contributed by atoms with E-state index >= 15 is 0 Å². The number of aromatic nitrogens is 2. The minimum absolute atomic E-state index is 0.133. The van der Waals surface area contributed by atoms with E-state index in [1.165, 1.54) is 13.2 Å². The summed E-state index contributed by atoms with van der Waals surface area (Å²) >= 11 is 0. The largest absolute Gasteiger partial charge is 0.467 e. The van der Waals surface area contributed by atoms with E-state index in [1.807, 2.05) is 0 Å². The van der Waals surface area contributed by atoms with Crippen LogP contribution in [0.1, 0.15) is 43.0 Å². The first-order valence-electron chi connectivity index (χ1n) is 10.3. The van der Waals surface area contributed by atoms with E-state index in [0.29, 0.717) is 11.5 Å². The lowest BCUT2D eigenvalue weighted by molar-refractivity contribution is -0.142. The zero-order valence-electron chi connectivity index (χ0n) is 17.7. The van der Waals surface area contributed by atoms with Crippen LogP contribution in [0, 0.1) is 6.92 Å². The molecule has 1 aliphatic heterocycles. The zero-order chi connectivity index (χ0) is 23.3. The molecular formula is C21H24F3N3O4S. The molecule has 2 aliphatic rings. The molecule has 2 fully saturated rings. The summed E-state index contributed by atoms with van der Waals surface area (Å²) in [6.45, 7) is 1.67. The Morgan fingerprint density at radius 2 is 1.91 bits per heavy atom. The highest BCUT2D eigenvalue weighted by atomic mass is 32.2. The van der Waals surface area contributed by atoms with Crippen molar-refractivity contribution < 1.29 is 31.1 Å². The van der Waals surface area contributed by atoms with Gasteiger partial charge in [0.05, 0.1) is 34.6 Å². The molecule has 0 amide bonds. The first-order valence-corrected chi connectivity index (χ1v) is 11.9. The Bertz CT molecular complexity index is 1130. The lowest BCUT2D eigenvalue weighted by atomic mass is 9.93. The van der Waals surface area contributed by atoms with E-state index in [4.69, 9.17) is 4.74 Å². The molecule has 4 rings (SSSR count). The van der Waals surface area contributed by atoms with Crippen molar-refractivity contribution in [3.8, 4) is 0 Å². The van der Waals surface area contributed by atoms with Crippen LogP contribution in [0.5, 0.6) is 0 Å². The molecule has 1 saturated heterocycles. The molecule has 0 N–H and O–H groups in total. The van der Waals surface area contributed by atoms with Gasteiger partial charge in [0.2, 0.25) is 0 Å². The quantitative estimate of drug-likeness (QED) is 0.621. The Morgan fingerprint density at radius 3 is 2.50 bits per heavy atom. The number of methoxy groups -OCH3 is 1. The maximum Gasteiger partial charge on any atom is 0.417 e. The molecular weight excluding hydrogens is 447 g/mol. The molecule has 0 spiro atoms. The zero-order valence-corrected chi connectivity index (χ0v) is 18.5. The van der Waals surface area contributed by atoms with Crippen LogP contribution in [0.25, 0.3) is 0 Å². The van der Waals surface area contributed by atoms with Gasteiger partial charge in [-0.25, -0.2) is 17.9 Å². The monoisotopic (exact) mass is 471 g/mol. The van der Waals surface area contributed by atoms with Gasteiger partial charge in [-0.2, -0.15) is 18.3 Å². The second-order valence-electron chi connectivity index (χ2n) is 8.26. The van der Waals surface area contributed by atoms with Gasteiger partial charge >= 0.3 is 12.1 Å². The molecule has 1 aromatic heterocycles. The van der Waals surface area contributed by atoms with Gasteiger partial charge in [-0.05, 0) is 44.7 Å². The average molecular weight is 472 g/mol. The van der Waals surface area contributed by atoms with Crippen LogP contribution in [0.4, 0.5) is 19.0 Å². The van der Waals surface area contributed by atoms with Gasteiger partial charge < -0.3 is 9.64 Å². The van der Waals surface area contributed by atoms with Gasteiger partial charge in [0.25, 0.3) is 0 Å². The van der Waals surface area contributed by atoms with Crippen molar-refractivity contribution in [1.29, 1.82) is 0 Å². The molecule has 0 bridgehead atoms. The lowest BCUT2D eigenvalue weighted by Gasteiger charge is -2.32. The Morgan fingerprint density at radius 1 is 1.22 bits per heavy atom. The van der Waals surface area contributed by atoms with Crippen LogP contribution >= 0.6 is 0 Å². The second-order valence-corrected chi connectivity index (χ2v) is 10.5. The highest BCUT2D eigenvalue weighted by molar-refractivity contribution is 7.92. The number of rotatable bonds is 5. The van der Waals surface area contributed by atoms with Crippen molar-refractivity contribution in [2.75, 3.05) is 18.6 Å². The highest BCUT2D eigenvalue weighted by Crippen LogP contribution is 2.40. The number of ether oxygens (including phenoxy) is 1. The summed E-state index contributed by atoms with van der Waals surface area (Å²) in [5.74, 6) is -0.0461. The molecule has 174 valence electrons. The molecule has 7 nitrogen and oxygen atoms in total. The number of carbonyl (C=O) groups excluding carboxylic acids is 1. The Hall–Kier alpha value is -2.56. The summed E-state index contributed by atoms with van der Waals surface area (Å²) in [5, 5.41) is 3.31. The molecule has 11 heteroatoms. The van der Waals surface area contributed by atoms with E-state index in [9.17, 15) is 26.4 Å². The standard InChI is InChI=1S/C21H24F3N3O4S/c1-13-10-19(27(25-13)14-6-5-7-14)26-12-15(11-17(26)20(28)31-2)32(29,30)18-9-4-3-8-16(18)21(22,23)24/h3-4,8-10,14-15,17H,5-7,11-12H2,1-2H3. The minimum Gasteiger partial charge on any atom is -0.467 e. The van der Waals surface area contributed by atoms with E-state index in [0.717, 1.165) is 37.5 Å². The number of hydrogen-bond donors (Lipinski definition) is 0. The molecule has 2 heterocycles. The van der Waals surface area contributed by atoms with Crippen molar-refractivity contribution >= 4 is 21.6 Å². The van der Waals surface area contributed by atoms with E-state index in [-0.39, 0.29) is 19.0 Å². The molecule has 2 unspecified atom stereocenters. The number of alkyl halides is 3. The number of carbonyl (C=O) groups is 1. The first kappa shape index (κ1) is 22.6. The summed E-state index contributed by atoms with van der Waals surface area (Å²) < 4.78 is 73.8. The SMILES string of the molecule is COC(=O)C1CC(S(=O)(=O)c2ccccc2C(F)(F)F)CN1c1cc(C)nn1C1CCC1. The summed E-state index contributed by atoms with van der Waals surface area (Å²) in [4.78, 5) is 13.4. The molecule has 1 saturated carbocycles. The van der Waals surface area contributed by atoms with Gasteiger partial charge in [0.15, 0.2) is 9.84 Å². The van der Waals surface area contributed by atoms with Gasteiger partial charge in [-0.1, -0.05) is 12.1 Å². The number of hydrogen-bond acceptors (Lipinski definition) is 6. The number of benzene rings is 1. The van der Waals surface area contributed by atoms with Gasteiger partial charge in [-0.15, -0.1) is 0 Å². The van der Waals surface area contributed by atoms with E-state index < -0.39 is 43.7 Å². The third-order valence-corrected chi connectivity index (χ3v) is 8.42. The van der Waals surface area contributed by atoms with E-state index in [2.05, 4.69) is 5.10 Å². The van der Waals surface area contributed by atoms with Crippen LogP contribution < -0.4 is 4.90 Å². The summed E-state index contributed by atoms with van der Waals surface area (Å²) in [6, 6.07) is 5.13. The van der Waals surface area contributed by atoms with Gasteiger partial charge in [0.1, 0.15) is 11.9 Å². The Balaban J connectivity index is 1.74. The maximum absolute atomic E-state index is 13.5. The predicted octanol–water partition coefficient (Wildman–Crippen LogP) is 3.53. The smallest absolute Gasteiger partial charge is 0.417 e. The fraction of sp³-hybridized carbons (Fsp3) is 0.524. The number of sulfone groups is 1. The molecule has 2 aromatic rings. The summed E-state index contributed by atoms with van der Waals surface area (Å²) in [6.07, 6.45) is -2.09. The van der Waals surface area contributed by atoms with Crippen LogP contribution in [0.2, 0.25) is 0 Å². The Labute approximate surface area is 184 Å². The third-order valence-electron chi connectivity index (χ3n) is 6.23. The average Bonchev–Trinajstić information content (AvgIpc) is 3.29. The topological polar surface area (TPSA) is 81.5 Å². The fourth-order valence-corrected chi connectivity index (χ4v) is 6.29. The number of esters is 1. The van der Waals surface area contributed by atoms with Crippen molar-refractivity contribution in [2.45, 2.75) is 61.0 Å². The van der Waals surface area contributed by atoms with Crippen LogP contribution in [-0.4, -0.2) is 49.1 Å². The van der Waals surface area contributed by atoms with Crippen LogP contribution in [-0.2, 0) is 25.5 Å². The third kappa shape index (κ3) is 3.87. The fourth-order valence-electron chi connectivity index (χ4n) is 4.38. The predicted molar refractivity (Wildman–Crippen MR) is 110 cm³/mol. The number of halogens is 3. The van der Waals surface area contributed by atoms with Crippen molar-refractivity contribution in [3.05, 3.63) is 41.6 Å². The van der Waals surface area contributed by atoms with Gasteiger partial charge in [-0.3, -0.25) is 0 Å². The number of anilines is 1. The summed E-state index contributed by atoms with van der Waals surface area (Å²) in [7, 11) is -3.18. The van der Waals surface area contributed by atoms with Crippen molar-refractivity contribution in [2.24, 2.45) is 0 Å².